The van der Waals surface area contributed by atoms with Gasteiger partial charge in [-0.3, -0.25) is 0 Å². The molecule has 4 aromatic rings. The van der Waals surface area contributed by atoms with Crippen LogP contribution >= 0.6 is 0 Å². The Kier molecular flexibility index (Phi) is 3.57. The molecule has 0 atom stereocenters. The lowest BCUT2D eigenvalue weighted by molar-refractivity contribution is 0.625. The first-order valence-electron chi connectivity index (χ1n) is 7.93. The van der Waals surface area contributed by atoms with Crippen molar-refractivity contribution in [2.24, 2.45) is 0 Å². The minimum Gasteiger partial charge on any atom is -0.453 e. The van der Waals surface area contributed by atoms with Crippen molar-refractivity contribution < 1.29 is 4.42 Å². The zero-order chi connectivity index (χ0) is 17.4. The Bertz CT molecular complexity index is 1040. The fraction of sp³-hybridized carbons (Fsp3) is 0.105. The number of nitrogens with two attached hydrogens (primary N) is 1. The van der Waals surface area contributed by atoms with E-state index in [1.54, 1.807) is 0 Å². The highest BCUT2D eigenvalue weighted by Crippen LogP contribution is 2.26. The van der Waals surface area contributed by atoms with E-state index in [1.165, 1.54) is 11.1 Å². The number of aromatic nitrogens is 3. The minimum absolute atomic E-state index is 0.136. The molecule has 2 aromatic carbocycles. The molecule has 2 aromatic heterocycles. The molecule has 6 nitrogen and oxygen atoms in total. The van der Waals surface area contributed by atoms with Gasteiger partial charge in [-0.05, 0) is 49.2 Å². The Hall–Kier alpha value is -3.41. The summed E-state index contributed by atoms with van der Waals surface area (Å²) in [5.74, 6) is 1.47. The highest BCUT2D eigenvalue weighted by atomic mass is 16.3. The molecule has 0 radical (unpaired) electrons. The van der Waals surface area contributed by atoms with Crippen LogP contribution in [-0.2, 0) is 0 Å². The van der Waals surface area contributed by atoms with Gasteiger partial charge in [-0.1, -0.05) is 24.3 Å². The van der Waals surface area contributed by atoms with Gasteiger partial charge in [0.25, 0.3) is 0 Å². The van der Waals surface area contributed by atoms with Gasteiger partial charge in [0.2, 0.25) is 17.7 Å². The summed E-state index contributed by atoms with van der Waals surface area (Å²) in [5, 5.41) is 4.16. The Balaban J connectivity index is 1.71. The fourth-order valence-corrected chi connectivity index (χ4v) is 2.60. The molecular weight excluding hydrogens is 314 g/mol. The quantitative estimate of drug-likeness (QED) is 0.584. The van der Waals surface area contributed by atoms with Crippen LogP contribution in [0.5, 0.6) is 0 Å². The van der Waals surface area contributed by atoms with E-state index in [0.717, 1.165) is 16.7 Å². The van der Waals surface area contributed by atoms with Crippen LogP contribution in [0.1, 0.15) is 11.1 Å². The number of para-hydroxylation sites is 1. The van der Waals surface area contributed by atoms with Crippen molar-refractivity contribution in [2.45, 2.75) is 13.8 Å². The lowest BCUT2D eigenvalue weighted by Gasteiger charge is -2.08. The van der Waals surface area contributed by atoms with Gasteiger partial charge in [0.15, 0.2) is 5.76 Å². The molecule has 0 fully saturated rings. The second-order valence-corrected chi connectivity index (χ2v) is 5.91. The van der Waals surface area contributed by atoms with Crippen molar-refractivity contribution in [1.82, 2.24) is 15.0 Å². The third kappa shape index (κ3) is 3.01. The lowest BCUT2D eigenvalue weighted by atomic mass is 10.1. The number of hydrogen-bond donors (Lipinski definition) is 2. The Morgan fingerprint density at radius 2 is 1.76 bits per heavy atom. The van der Waals surface area contributed by atoms with Gasteiger partial charge in [-0.2, -0.15) is 15.0 Å². The van der Waals surface area contributed by atoms with Gasteiger partial charge in [-0.15, -0.1) is 0 Å². The van der Waals surface area contributed by atoms with Crippen molar-refractivity contribution >= 4 is 28.6 Å². The van der Waals surface area contributed by atoms with Crippen LogP contribution < -0.4 is 11.1 Å². The molecule has 6 heteroatoms. The number of furan rings is 1. The molecule has 0 aliphatic heterocycles. The summed E-state index contributed by atoms with van der Waals surface area (Å²) < 4.78 is 5.81. The van der Waals surface area contributed by atoms with E-state index >= 15 is 0 Å². The SMILES string of the molecule is Cc1ccc(Nc2nc(N)nc(-c3cc4ccccc4o3)n2)cc1C. The Morgan fingerprint density at radius 1 is 0.920 bits per heavy atom. The lowest BCUT2D eigenvalue weighted by Crippen LogP contribution is -2.05. The van der Waals surface area contributed by atoms with Crippen LogP contribution in [0, 0.1) is 13.8 Å². The summed E-state index contributed by atoms with van der Waals surface area (Å²) in [5.41, 5.74) is 9.94. The number of rotatable bonds is 3. The number of fused-ring (bicyclic) bond motifs is 1. The Labute approximate surface area is 144 Å². The molecule has 0 bridgehead atoms. The number of nitrogens with one attached hydrogen (secondary N) is 1. The van der Waals surface area contributed by atoms with E-state index in [1.807, 2.05) is 48.5 Å². The van der Waals surface area contributed by atoms with Crippen LogP contribution in [0.15, 0.2) is 52.9 Å². The molecule has 124 valence electrons. The molecule has 0 aliphatic carbocycles. The third-order valence-corrected chi connectivity index (χ3v) is 4.06. The van der Waals surface area contributed by atoms with Crippen molar-refractivity contribution in [3.63, 3.8) is 0 Å². The second kappa shape index (κ2) is 5.90. The Morgan fingerprint density at radius 3 is 2.56 bits per heavy atom. The molecular formula is C19H17N5O. The highest BCUT2D eigenvalue weighted by molar-refractivity contribution is 5.81. The number of hydrogen-bond acceptors (Lipinski definition) is 6. The van der Waals surface area contributed by atoms with Crippen LogP contribution in [0.25, 0.3) is 22.6 Å². The topological polar surface area (TPSA) is 89.9 Å². The van der Waals surface area contributed by atoms with Crippen LogP contribution in [0.4, 0.5) is 17.6 Å². The summed E-state index contributed by atoms with van der Waals surface area (Å²) >= 11 is 0. The van der Waals surface area contributed by atoms with E-state index in [0.29, 0.717) is 17.5 Å². The van der Waals surface area contributed by atoms with Gasteiger partial charge in [0.05, 0.1) is 0 Å². The molecule has 0 saturated heterocycles. The molecule has 2 heterocycles. The first kappa shape index (κ1) is 15.1. The normalized spacial score (nSPS) is 11.0. The van der Waals surface area contributed by atoms with Gasteiger partial charge < -0.3 is 15.5 Å². The van der Waals surface area contributed by atoms with E-state index in [-0.39, 0.29) is 5.95 Å². The third-order valence-electron chi connectivity index (χ3n) is 4.06. The first-order valence-corrected chi connectivity index (χ1v) is 7.93. The van der Waals surface area contributed by atoms with E-state index in [4.69, 9.17) is 10.2 Å². The van der Waals surface area contributed by atoms with Crippen molar-refractivity contribution in [3.8, 4) is 11.6 Å². The summed E-state index contributed by atoms with van der Waals surface area (Å²) in [6, 6.07) is 15.7. The standard InChI is InChI=1S/C19H17N5O/c1-11-7-8-14(9-12(11)2)21-19-23-17(22-18(20)24-19)16-10-13-5-3-4-6-15(13)25-16/h3-10H,1-2H3,(H3,20,21,22,23,24). The summed E-state index contributed by atoms with van der Waals surface area (Å²) in [6.45, 7) is 4.13. The van der Waals surface area contributed by atoms with E-state index in [2.05, 4.69) is 34.1 Å². The number of nitrogens with zero attached hydrogens (tertiary/aromatic N) is 3. The minimum atomic E-state index is 0.136. The average molecular weight is 331 g/mol. The molecule has 3 N–H and O–H groups in total. The summed E-state index contributed by atoms with van der Waals surface area (Å²) in [4.78, 5) is 12.8. The first-order chi connectivity index (χ1) is 12.1. The largest absolute Gasteiger partial charge is 0.453 e. The van der Waals surface area contributed by atoms with Crippen LogP contribution in [-0.4, -0.2) is 15.0 Å². The van der Waals surface area contributed by atoms with Gasteiger partial charge in [0, 0.05) is 11.1 Å². The number of aryl methyl sites for hydroxylation is 2. The zero-order valence-corrected chi connectivity index (χ0v) is 13.9. The predicted molar refractivity (Wildman–Crippen MR) is 98.6 cm³/mol. The summed E-state index contributed by atoms with van der Waals surface area (Å²) in [6.07, 6.45) is 0. The number of nitrogen functional groups attached to an aromatic ring is 1. The molecule has 0 amide bonds. The average Bonchev–Trinajstić information content (AvgIpc) is 3.02. The van der Waals surface area contributed by atoms with Crippen molar-refractivity contribution in [2.75, 3.05) is 11.1 Å². The van der Waals surface area contributed by atoms with E-state index < -0.39 is 0 Å². The molecule has 0 unspecified atom stereocenters. The molecule has 25 heavy (non-hydrogen) atoms. The second-order valence-electron chi connectivity index (χ2n) is 5.91. The van der Waals surface area contributed by atoms with Crippen LogP contribution in [0.3, 0.4) is 0 Å². The predicted octanol–water partition coefficient (Wildman–Crippen LogP) is 4.23. The number of anilines is 3. The smallest absolute Gasteiger partial charge is 0.232 e. The molecule has 0 saturated carbocycles. The molecule has 0 aliphatic rings. The van der Waals surface area contributed by atoms with Gasteiger partial charge >= 0.3 is 0 Å². The van der Waals surface area contributed by atoms with Crippen LogP contribution in [0.2, 0.25) is 0 Å². The highest BCUT2D eigenvalue weighted by Gasteiger charge is 2.12. The summed E-state index contributed by atoms with van der Waals surface area (Å²) in [7, 11) is 0. The van der Waals surface area contributed by atoms with Gasteiger partial charge in [0.1, 0.15) is 5.58 Å². The fourth-order valence-electron chi connectivity index (χ4n) is 2.60. The number of benzene rings is 2. The maximum atomic E-state index is 5.85. The van der Waals surface area contributed by atoms with Gasteiger partial charge in [-0.25, -0.2) is 0 Å². The zero-order valence-electron chi connectivity index (χ0n) is 13.9. The van der Waals surface area contributed by atoms with Crippen molar-refractivity contribution in [1.29, 1.82) is 0 Å². The van der Waals surface area contributed by atoms with E-state index in [9.17, 15) is 0 Å². The maximum absolute atomic E-state index is 5.85. The molecule has 0 spiro atoms. The monoisotopic (exact) mass is 331 g/mol. The van der Waals surface area contributed by atoms with Crippen molar-refractivity contribution in [3.05, 3.63) is 59.7 Å². The maximum Gasteiger partial charge on any atom is 0.232 e. The molecule has 4 rings (SSSR count).